The fourth-order valence-electron chi connectivity index (χ4n) is 4.64. The number of hydrogen-bond donors (Lipinski definition) is 1. The van der Waals surface area contributed by atoms with E-state index in [4.69, 9.17) is 16.3 Å². The summed E-state index contributed by atoms with van der Waals surface area (Å²) in [5.74, 6) is -0.770. The first-order valence-electron chi connectivity index (χ1n) is 12.7. The van der Waals surface area contributed by atoms with Crippen LogP contribution >= 0.6 is 11.6 Å². The minimum Gasteiger partial charge on any atom is -0.467 e. The van der Waals surface area contributed by atoms with Crippen molar-refractivity contribution >= 4 is 39.2 Å². The Balaban J connectivity index is 1.93. The molecule has 214 valence electrons. The molecule has 3 rings (SSSR count). The summed E-state index contributed by atoms with van der Waals surface area (Å²) in [6, 6.07) is 13.3. The lowest BCUT2D eigenvalue weighted by molar-refractivity contribution is -0.146. The van der Waals surface area contributed by atoms with Gasteiger partial charge in [0.25, 0.3) is 15.9 Å². The molecule has 40 heavy (non-hydrogen) atoms. The third kappa shape index (κ3) is 6.83. The minimum absolute atomic E-state index is 0.165. The summed E-state index contributed by atoms with van der Waals surface area (Å²) in [6.07, 6.45) is 0. The SMILES string of the molecule is COC(=O)[C@H](CN(C)C)N(C)C(=O)c1c(C)cc(-c2cccc(NS(=O)(=O)c3cc(C)c(Cl)cc3C)c2)cc1C. The van der Waals surface area contributed by atoms with Crippen molar-refractivity contribution in [2.24, 2.45) is 0 Å². The highest BCUT2D eigenvalue weighted by Gasteiger charge is 2.30. The number of esters is 1. The Morgan fingerprint density at radius 3 is 2.10 bits per heavy atom. The molecule has 0 bridgehead atoms. The summed E-state index contributed by atoms with van der Waals surface area (Å²) < 4.78 is 34.0. The number of carbonyl (C=O) groups is 2. The van der Waals surface area contributed by atoms with Crippen LogP contribution in [0.4, 0.5) is 5.69 Å². The predicted molar refractivity (Wildman–Crippen MR) is 160 cm³/mol. The number of carbonyl (C=O) groups excluding carboxylic acids is 2. The Labute approximate surface area is 241 Å². The maximum absolute atomic E-state index is 13.5. The van der Waals surface area contributed by atoms with Crippen molar-refractivity contribution in [1.82, 2.24) is 9.80 Å². The molecule has 0 saturated heterocycles. The third-order valence-electron chi connectivity index (χ3n) is 6.74. The Hall–Kier alpha value is -3.40. The Morgan fingerprint density at radius 1 is 0.900 bits per heavy atom. The molecule has 0 unspecified atom stereocenters. The van der Waals surface area contributed by atoms with Crippen LogP contribution in [-0.4, -0.2) is 70.9 Å². The first-order chi connectivity index (χ1) is 18.7. The molecule has 0 radical (unpaired) electrons. The van der Waals surface area contributed by atoms with Gasteiger partial charge < -0.3 is 14.5 Å². The van der Waals surface area contributed by atoms with Crippen LogP contribution in [-0.2, 0) is 19.6 Å². The molecule has 1 N–H and O–H groups in total. The zero-order valence-corrected chi connectivity index (χ0v) is 25.7. The third-order valence-corrected chi connectivity index (χ3v) is 8.67. The van der Waals surface area contributed by atoms with Gasteiger partial charge in [0.1, 0.15) is 6.04 Å². The molecule has 1 atom stereocenters. The van der Waals surface area contributed by atoms with E-state index in [0.29, 0.717) is 33.9 Å². The van der Waals surface area contributed by atoms with Gasteiger partial charge in [-0.2, -0.15) is 0 Å². The highest BCUT2D eigenvalue weighted by Crippen LogP contribution is 2.30. The fraction of sp³-hybridized carbons (Fsp3) is 0.333. The monoisotopic (exact) mass is 585 g/mol. The summed E-state index contributed by atoms with van der Waals surface area (Å²) in [4.78, 5) is 29.3. The van der Waals surface area contributed by atoms with Gasteiger partial charge in [-0.25, -0.2) is 13.2 Å². The van der Waals surface area contributed by atoms with Crippen molar-refractivity contribution < 1.29 is 22.7 Å². The van der Waals surface area contributed by atoms with E-state index in [0.717, 1.165) is 22.3 Å². The van der Waals surface area contributed by atoms with Crippen molar-refractivity contribution in [3.63, 3.8) is 0 Å². The van der Waals surface area contributed by atoms with Crippen molar-refractivity contribution in [3.8, 4) is 11.1 Å². The average Bonchev–Trinajstić information content (AvgIpc) is 2.87. The number of anilines is 1. The lowest BCUT2D eigenvalue weighted by Crippen LogP contribution is -2.48. The summed E-state index contributed by atoms with van der Waals surface area (Å²) in [5, 5.41) is 0.510. The van der Waals surface area contributed by atoms with Gasteiger partial charge in [-0.05, 0) is 99.4 Å². The number of likely N-dealkylation sites (N-methyl/N-ethyl adjacent to an activating group) is 2. The zero-order chi connectivity index (χ0) is 29.9. The maximum atomic E-state index is 13.5. The van der Waals surface area contributed by atoms with Gasteiger partial charge in [-0.15, -0.1) is 0 Å². The number of amides is 1. The minimum atomic E-state index is -3.85. The van der Waals surface area contributed by atoms with Gasteiger partial charge in [-0.1, -0.05) is 35.9 Å². The van der Waals surface area contributed by atoms with E-state index >= 15 is 0 Å². The molecule has 0 heterocycles. The highest BCUT2D eigenvalue weighted by molar-refractivity contribution is 7.92. The van der Waals surface area contributed by atoms with Crippen LogP contribution in [0.25, 0.3) is 11.1 Å². The van der Waals surface area contributed by atoms with E-state index < -0.39 is 22.0 Å². The van der Waals surface area contributed by atoms with Crippen LogP contribution in [0.1, 0.15) is 32.6 Å². The summed E-state index contributed by atoms with van der Waals surface area (Å²) in [5.41, 5.74) is 5.21. The molecule has 0 spiro atoms. The van der Waals surface area contributed by atoms with Gasteiger partial charge in [0.15, 0.2) is 0 Å². The Kier molecular flexibility index (Phi) is 9.66. The molecule has 3 aromatic rings. The van der Waals surface area contributed by atoms with Crippen LogP contribution in [0.2, 0.25) is 5.02 Å². The largest absolute Gasteiger partial charge is 0.467 e. The topological polar surface area (TPSA) is 96.0 Å². The van der Waals surface area contributed by atoms with E-state index in [2.05, 4.69) is 4.72 Å². The number of sulfonamides is 1. The van der Waals surface area contributed by atoms with Crippen LogP contribution in [0.3, 0.4) is 0 Å². The number of aryl methyl sites for hydroxylation is 4. The second-order valence-electron chi connectivity index (χ2n) is 10.3. The van der Waals surface area contributed by atoms with Crippen molar-refractivity contribution in [1.29, 1.82) is 0 Å². The molecular formula is C30H36ClN3O5S. The molecule has 10 heteroatoms. The number of methoxy groups -OCH3 is 1. The van der Waals surface area contributed by atoms with E-state index in [1.807, 2.05) is 51.0 Å². The van der Waals surface area contributed by atoms with E-state index in [9.17, 15) is 18.0 Å². The molecule has 0 aliphatic heterocycles. The zero-order valence-electron chi connectivity index (χ0n) is 24.1. The summed E-state index contributed by atoms with van der Waals surface area (Å²) >= 11 is 6.15. The molecule has 0 fully saturated rings. The van der Waals surface area contributed by atoms with Gasteiger partial charge in [0.2, 0.25) is 0 Å². The Bertz CT molecular complexity index is 1530. The van der Waals surface area contributed by atoms with Gasteiger partial charge in [0.05, 0.1) is 12.0 Å². The van der Waals surface area contributed by atoms with Crippen molar-refractivity contribution in [3.05, 3.63) is 81.4 Å². The highest BCUT2D eigenvalue weighted by atomic mass is 35.5. The smallest absolute Gasteiger partial charge is 0.329 e. The first kappa shape index (κ1) is 31.1. The van der Waals surface area contributed by atoms with Crippen molar-refractivity contribution in [2.75, 3.05) is 39.5 Å². The fourth-order valence-corrected chi connectivity index (χ4v) is 6.22. The molecule has 8 nitrogen and oxygen atoms in total. The standard InChI is InChI=1S/C30H36ClN3O5S/c1-18-15-27(19(2)14-25(18)31)40(37,38)32-24-11-9-10-22(16-24)23-12-20(3)28(21(4)13-23)29(35)34(7)26(17-33(5)6)30(36)39-8/h9-16,26,32H,17H2,1-8H3/t26-/m0/s1. The predicted octanol–water partition coefficient (Wildman–Crippen LogP) is 5.22. The number of ether oxygens (including phenoxy) is 1. The quantitative estimate of drug-likeness (QED) is 0.346. The second-order valence-corrected chi connectivity index (χ2v) is 12.3. The second kappa shape index (κ2) is 12.4. The van der Waals surface area contributed by atoms with Gasteiger partial charge in [0, 0.05) is 29.9 Å². The van der Waals surface area contributed by atoms with Crippen LogP contribution in [0.15, 0.2) is 53.4 Å². The summed E-state index contributed by atoms with van der Waals surface area (Å²) in [6.45, 7) is 7.47. The van der Waals surface area contributed by atoms with E-state index in [-0.39, 0.29) is 10.8 Å². The number of nitrogens with zero attached hydrogens (tertiary/aromatic N) is 2. The molecule has 0 aromatic heterocycles. The number of hydrogen-bond acceptors (Lipinski definition) is 6. The normalized spacial score (nSPS) is 12.2. The molecule has 0 saturated carbocycles. The van der Waals surface area contributed by atoms with E-state index in [1.54, 1.807) is 51.2 Å². The lowest BCUT2D eigenvalue weighted by Gasteiger charge is -2.29. The summed E-state index contributed by atoms with van der Waals surface area (Å²) in [7, 11) is 2.70. The van der Waals surface area contributed by atoms with Crippen LogP contribution in [0, 0.1) is 27.7 Å². The van der Waals surface area contributed by atoms with Gasteiger partial charge >= 0.3 is 5.97 Å². The number of halogens is 1. The molecule has 3 aromatic carbocycles. The van der Waals surface area contributed by atoms with Gasteiger partial charge in [-0.3, -0.25) is 9.52 Å². The lowest BCUT2D eigenvalue weighted by atomic mass is 9.94. The van der Waals surface area contributed by atoms with E-state index in [1.165, 1.54) is 12.0 Å². The molecular weight excluding hydrogens is 550 g/mol. The number of rotatable bonds is 9. The van der Waals surface area contributed by atoms with Crippen LogP contribution < -0.4 is 4.72 Å². The Morgan fingerprint density at radius 2 is 1.52 bits per heavy atom. The van der Waals surface area contributed by atoms with Crippen molar-refractivity contribution in [2.45, 2.75) is 38.6 Å². The first-order valence-corrected chi connectivity index (χ1v) is 14.5. The molecule has 0 aliphatic carbocycles. The number of nitrogens with one attached hydrogen (secondary N) is 1. The average molecular weight is 586 g/mol. The molecule has 1 amide bonds. The molecule has 0 aliphatic rings. The van der Waals surface area contributed by atoms with Crippen LogP contribution in [0.5, 0.6) is 0 Å². The number of benzene rings is 3. The maximum Gasteiger partial charge on any atom is 0.329 e.